The van der Waals surface area contributed by atoms with Crippen molar-refractivity contribution in [3.8, 4) is 0 Å². The van der Waals surface area contributed by atoms with Crippen LogP contribution in [-0.2, 0) is 25.9 Å². The lowest BCUT2D eigenvalue weighted by atomic mass is 10.3. The van der Waals surface area contributed by atoms with Crippen molar-refractivity contribution in [3.05, 3.63) is 30.1 Å². The van der Waals surface area contributed by atoms with Crippen LogP contribution in [0.15, 0.2) is 24.4 Å². The van der Waals surface area contributed by atoms with Crippen LogP contribution in [0.3, 0.4) is 0 Å². The van der Waals surface area contributed by atoms with E-state index in [1.54, 1.807) is 13.3 Å². The van der Waals surface area contributed by atoms with Gasteiger partial charge in [-0.3, -0.25) is 4.98 Å². The van der Waals surface area contributed by atoms with E-state index in [-0.39, 0.29) is 12.4 Å². The van der Waals surface area contributed by atoms with Crippen LogP contribution < -0.4 is 4.72 Å². The molecule has 1 heterocycles. The number of methoxy groups -OCH3 is 1. The summed E-state index contributed by atoms with van der Waals surface area (Å²) in [6, 6.07) is 5.56. The van der Waals surface area contributed by atoms with Crippen LogP contribution in [0.2, 0.25) is 0 Å². The second-order valence-corrected chi connectivity index (χ2v) is 5.82. The van der Waals surface area contributed by atoms with Gasteiger partial charge < -0.3 is 9.47 Å². The molecule has 0 aromatic carbocycles. The van der Waals surface area contributed by atoms with Crippen molar-refractivity contribution in [1.82, 2.24) is 9.71 Å². The summed E-state index contributed by atoms with van der Waals surface area (Å²) in [6.07, 6.45) is 2.26. The van der Waals surface area contributed by atoms with Gasteiger partial charge in [-0.05, 0) is 12.1 Å². The smallest absolute Gasteiger partial charge is 0.213 e. The van der Waals surface area contributed by atoms with Gasteiger partial charge in [0.05, 0.1) is 25.6 Å². The fourth-order valence-corrected chi connectivity index (χ4v) is 2.26. The number of ether oxygens (including phenoxy) is 2. The number of hydrogen-bond donors (Lipinski definition) is 1. The molecule has 0 aliphatic rings. The second kappa shape index (κ2) is 8.98. The SMILES string of the molecule is COCCOCCS(=O)(=O)NCCc1ccccn1. The summed E-state index contributed by atoms with van der Waals surface area (Å²) in [5.41, 5.74) is 0.863. The van der Waals surface area contributed by atoms with Crippen LogP contribution in [0, 0.1) is 0 Å². The Morgan fingerprint density at radius 1 is 1.26 bits per heavy atom. The average Bonchev–Trinajstić information content (AvgIpc) is 2.39. The third-order valence-electron chi connectivity index (χ3n) is 2.36. The molecule has 108 valence electrons. The van der Waals surface area contributed by atoms with Gasteiger partial charge in [0.2, 0.25) is 10.0 Å². The fourth-order valence-electron chi connectivity index (χ4n) is 1.37. The molecule has 0 amide bonds. The minimum atomic E-state index is -3.28. The van der Waals surface area contributed by atoms with Crippen molar-refractivity contribution in [2.45, 2.75) is 6.42 Å². The number of nitrogens with zero attached hydrogens (tertiary/aromatic N) is 1. The Labute approximate surface area is 114 Å². The van der Waals surface area contributed by atoms with Gasteiger partial charge in [-0.25, -0.2) is 13.1 Å². The van der Waals surface area contributed by atoms with Gasteiger partial charge in [0, 0.05) is 32.0 Å². The molecule has 0 saturated heterocycles. The van der Waals surface area contributed by atoms with E-state index in [0.717, 1.165) is 5.69 Å². The molecule has 0 aliphatic carbocycles. The number of nitrogens with one attached hydrogen (secondary N) is 1. The molecule has 0 atom stereocenters. The number of aromatic nitrogens is 1. The highest BCUT2D eigenvalue weighted by atomic mass is 32.2. The van der Waals surface area contributed by atoms with E-state index < -0.39 is 10.0 Å². The van der Waals surface area contributed by atoms with Crippen molar-refractivity contribution >= 4 is 10.0 Å². The molecule has 0 fully saturated rings. The van der Waals surface area contributed by atoms with E-state index in [9.17, 15) is 8.42 Å². The highest BCUT2D eigenvalue weighted by Gasteiger charge is 2.09. The van der Waals surface area contributed by atoms with E-state index in [2.05, 4.69) is 9.71 Å². The van der Waals surface area contributed by atoms with E-state index in [1.165, 1.54) is 0 Å². The monoisotopic (exact) mass is 288 g/mol. The number of sulfonamides is 1. The highest BCUT2D eigenvalue weighted by molar-refractivity contribution is 7.89. The Morgan fingerprint density at radius 2 is 2.11 bits per heavy atom. The minimum absolute atomic E-state index is 0.0427. The number of pyridine rings is 1. The van der Waals surface area contributed by atoms with Crippen molar-refractivity contribution in [2.75, 3.05) is 39.2 Å². The zero-order chi connectivity index (χ0) is 14.0. The van der Waals surface area contributed by atoms with E-state index in [4.69, 9.17) is 9.47 Å². The highest BCUT2D eigenvalue weighted by Crippen LogP contribution is 1.94. The topological polar surface area (TPSA) is 77.5 Å². The predicted octanol–water partition coefficient (Wildman–Crippen LogP) is 0.207. The van der Waals surface area contributed by atoms with E-state index in [0.29, 0.717) is 26.2 Å². The zero-order valence-corrected chi connectivity index (χ0v) is 11.9. The molecule has 1 aromatic heterocycles. The van der Waals surface area contributed by atoms with Crippen LogP contribution in [-0.4, -0.2) is 52.6 Å². The standard InChI is InChI=1S/C12H20N2O4S/c1-17-8-9-18-10-11-19(15,16)14-7-5-12-4-2-3-6-13-12/h2-4,6,14H,5,7-11H2,1H3. The Kier molecular flexibility index (Phi) is 7.57. The summed E-state index contributed by atoms with van der Waals surface area (Å²) in [6.45, 7) is 1.38. The maximum absolute atomic E-state index is 11.6. The first-order valence-corrected chi connectivity index (χ1v) is 7.73. The van der Waals surface area contributed by atoms with E-state index in [1.807, 2.05) is 18.2 Å². The Morgan fingerprint density at radius 3 is 2.79 bits per heavy atom. The van der Waals surface area contributed by atoms with Gasteiger partial charge in [0.15, 0.2) is 0 Å². The van der Waals surface area contributed by atoms with Crippen molar-refractivity contribution < 1.29 is 17.9 Å². The van der Waals surface area contributed by atoms with Crippen molar-refractivity contribution in [1.29, 1.82) is 0 Å². The van der Waals surface area contributed by atoms with Gasteiger partial charge in [-0.2, -0.15) is 0 Å². The normalized spacial score (nSPS) is 11.6. The van der Waals surface area contributed by atoms with Crippen molar-refractivity contribution in [2.24, 2.45) is 0 Å². The molecular weight excluding hydrogens is 268 g/mol. The molecule has 1 rings (SSSR count). The zero-order valence-electron chi connectivity index (χ0n) is 11.0. The van der Waals surface area contributed by atoms with Gasteiger partial charge in [0.25, 0.3) is 0 Å². The van der Waals surface area contributed by atoms with E-state index >= 15 is 0 Å². The van der Waals surface area contributed by atoms with Crippen LogP contribution in [0.25, 0.3) is 0 Å². The molecule has 0 aliphatic heterocycles. The molecule has 0 unspecified atom stereocenters. The lowest BCUT2D eigenvalue weighted by Crippen LogP contribution is -2.30. The van der Waals surface area contributed by atoms with Crippen LogP contribution in [0.4, 0.5) is 0 Å². The molecule has 7 heteroatoms. The maximum atomic E-state index is 11.6. The Balaban J connectivity index is 2.16. The minimum Gasteiger partial charge on any atom is -0.382 e. The molecule has 0 spiro atoms. The summed E-state index contributed by atoms with van der Waals surface area (Å²) in [4.78, 5) is 4.12. The molecule has 1 N–H and O–H groups in total. The molecule has 0 radical (unpaired) electrons. The van der Waals surface area contributed by atoms with Gasteiger partial charge in [-0.15, -0.1) is 0 Å². The Bertz CT molecular complexity index is 436. The van der Waals surface area contributed by atoms with Crippen molar-refractivity contribution in [3.63, 3.8) is 0 Å². The second-order valence-electron chi connectivity index (χ2n) is 3.89. The first-order chi connectivity index (χ1) is 9.14. The summed E-state index contributed by atoms with van der Waals surface area (Å²) < 4.78 is 35.6. The first-order valence-electron chi connectivity index (χ1n) is 6.08. The molecule has 19 heavy (non-hydrogen) atoms. The molecule has 0 bridgehead atoms. The number of rotatable bonds is 10. The lowest BCUT2D eigenvalue weighted by Gasteiger charge is -2.07. The molecule has 0 saturated carbocycles. The molecular formula is C12H20N2O4S. The summed E-state index contributed by atoms with van der Waals surface area (Å²) in [5, 5.41) is 0. The summed E-state index contributed by atoms with van der Waals surface area (Å²) in [5.74, 6) is -0.0427. The predicted molar refractivity (Wildman–Crippen MR) is 72.4 cm³/mol. The number of hydrogen-bond acceptors (Lipinski definition) is 5. The maximum Gasteiger partial charge on any atom is 0.213 e. The average molecular weight is 288 g/mol. The third kappa shape index (κ3) is 7.89. The van der Waals surface area contributed by atoms with Gasteiger partial charge in [0.1, 0.15) is 0 Å². The largest absolute Gasteiger partial charge is 0.382 e. The molecule has 1 aromatic rings. The van der Waals surface area contributed by atoms with Gasteiger partial charge in [-0.1, -0.05) is 6.07 Å². The first kappa shape index (κ1) is 16.0. The van der Waals surface area contributed by atoms with Crippen LogP contribution in [0.5, 0.6) is 0 Å². The third-order valence-corrected chi connectivity index (χ3v) is 3.71. The Hall–Kier alpha value is -1.02. The lowest BCUT2D eigenvalue weighted by molar-refractivity contribution is 0.0784. The quantitative estimate of drug-likeness (QED) is 0.623. The fraction of sp³-hybridized carbons (Fsp3) is 0.583. The van der Waals surface area contributed by atoms with Crippen LogP contribution in [0.1, 0.15) is 5.69 Å². The van der Waals surface area contributed by atoms with Crippen LogP contribution >= 0.6 is 0 Å². The molecule has 6 nitrogen and oxygen atoms in total. The van der Waals surface area contributed by atoms with Gasteiger partial charge >= 0.3 is 0 Å². The summed E-state index contributed by atoms with van der Waals surface area (Å²) >= 11 is 0. The summed E-state index contributed by atoms with van der Waals surface area (Å²) in [7, 11) is -1.71.